The van der Waals surface area contributed by atoms with Crippen LogP contribution in [0.5, 0.6) is 5.75 Å². The molecule has 1 aromatic carbocycles. The van der Waals surface area contributed by atoms with E-state index in [1.165, 1.54) is 57.1 Å². The minimum Gasteiger partial charge on any atom is -0.497 e. The smallest absolute Gasteiger partial charge is 0.322 e. The van der Waals surface area contributed by atoms with Gasteiger partial charge in [0.15, 0.2) is 15.1 Å². The highest BCUT2D eigenvalue weighted by Gasteiger charge is 2.33. The fourth-order valence-electron chi connectivity index (χ4n) is 2.80. The molecule has 25 heavy (non-hydrogen) atoms. The van der Waals surface area contributed by atoms with Gasteiger partial charge in [-0.3, -0.25) is 4.79 Å². The Morgan fingerprint density at radius 2 is 1.52 bits per heavy atom. The number of carboxylic acid groups (broad SMARTS) is 1. The van der Waals surface area contributed by atoms with E-state index in [2.05, 4.69) is 6.92 Å². The molecule has 1 aromatic rings. The molecule has 6 heteroatoms. The highest BCUT2D eigenvalue weighted by molar-refractivity contribution is 7.92. The van der Waals surface area contributed by atoms with Gasteiger partial charge in [-0.05, 0) is 30.7 Å². The van der Waals surface area contributed by atoms with E-state index < -0.39 is 21.1 Å². The number of hydrogen-bond donors (Lipinski definition) is 1. The van der Waals surface area contributed by atoms with E-state index in [0.717, 1.165) is 19.3 Å². The number of rotatable bonds is 13. The number of ether oxygens (including phenoxy) is 1. The molecule has 0 spiro atoms. The molecule has 0 fully saturated rings. The maximum atomic E-state index is 12.6. The molecule has 1 rings (SSSR count). The normalized spacial score (nSPS) is 12.7. The minimum atomic E-state index is -3.89. The summed E-state index contributed by atoms with van der Waals surface area (Å²) in [6, 6.07) is 5.86. The van der Waals surface area contributed by atoms with Gasteiger partial charge >= 0.3 is 5.97 Å². The third-order valence-electron chi connectivity index (χ3n) is 4.36. The second kappa shape index (κ2) is 11.1. The molecule has 0 aliphatic rings. The third-order valence-corrected chi connectivity index (χ3v) is 6.47. The Bertz CT molecular complexity index is 607. The number of methoxy groups -OCH3 is 1. The van der Waals surface area contributed by atoms with Crippen molar-refractivity contribution in [3.63, 3.8) is 0 Å². The molecule has 0 aromatic heterocycles. The van der Waals surface area contributed by atoms with Crippen molar-refractivity contribution in [3.8, 4) is 5.75 Å². The highest BCUT2D eigenvalue weighted by Crippen LogP contribution is 2.23. The molecule has 5 nitrogen and oxygen atoms in total. The fourth-order valence-corrected chi connectivity index (χ4v) is 4.39. The summed E-state index contributed by atoms with van der Waals surface area (Å²) in [6.07, 6.45) is 8.68. The summed E-state index contributed by atoms with van der Waals surface area (Å²) < 4.78 is 30.2. The number of carboxylic acids is 1. The summed E-state index contributed by atoms with van der Waals surface area (Å²) in [5, 5.41) is 7.98. The van der Waals surface area contributed by atoms with Crippen LogP contribution in [-0.2, 0) is 14.6 Å². The first kappa shape index (κ1) is 21.5. The van der Waals surface area contributed by atoms with Crippen molar-refractivity contribution in [1.29, 1.82) is 0 Å². The lowest BCUT2D eigenvalue weighted by Gasteiger charge is -2.14. The van der Waals surface area contributed by atoms with E-state index >= 15 is 0 Å². The van der Waals surface area contributed by atoms with Crippen LogP contribution in [0.25, 0.3) is 0 Å². The number of carbonyl (C=O) groups is 1. The lowest BCUT2D eigenvalue weighted by molar-refractivity contribution is -0.136. The van der Waals surface area contributed by atoms with E-state index in [4.69, 9.17) is 4.74 Å². The molecule has 1 atom stereocenters. The van der Waals surface area contributed by atoms with Gasteiger partial charge in [0.2, 0.25) is 0 Å². The molecule has 0 aliphatic heterocycles. The van der Waals surface area contributed by atoms with Crippen LogP contribution in [0.15, 0.2) is 29.2 Å². The topological polar surface area (TPSA) is 80.7 Å². The van der Waals surface area contributed by atoms with E-state index in [-0.39, 0.29) is 11.3 Å². The van der Waals surface area contributed by atoms with Gasteiger partial charge in [0.05, 0.1) is 12.0 Å². The first-order chi connectivity index (χ1) is 11.9. The van der Waals surface area contributed by atoms with Crippen LogP contribution >= 0.6 is 0 Å². The molecule has 1 unspecified atom stereocenters. The van der Waals surface area contributed by atoms with Crippen LogP contribution in [-0.4, -0.2) is 31.9 Å². The van der Waals surface area contributed by atoms with Crippen molar-refractivity contribution in [2.75, 3.05) is 7.11 Å². The predicted molar refractivity (Wildman–Crippen MR) is 98.8 cm³/mol. The second-order valence-electron chi connectivity index (χ2n) is 6.31. The molecule has 0 bridgehead atoms. The predicted octanol–water partition coefficient (Wildman–Crippen LogP) is 4.45. The molecule has 0 heterocycles. The quantitative estimate of drug-likeness (QED) is 0.519. The Morgan fingerprint density at radius 3 is 2.00 bits per heavy atom. The van der Waals surface area contributed by atoms with Crippen LogP contribution in [0.1, 0.15) is 64.7 Å². The van der Waals surface area contributed by atoms with Gasteiger partial charge in [-0.25, -0.2) is 8.42 Å². The van der Waals surface area contributed by atoms with Crippen molar-refractivity contribution in [2.24, 2.45) is 0 Å². The lowest BCUT2D eigenvalue weighted by atomic mass is 10.1. The number of hydrogen-bond acceptors (Lipinski definition) is 4. The van der Waals surface area contributed by atoms with E-state index in [9.17, 15) is 18.3 Å². The monoisotopic (exact) mass is 370 g/mol. The lowest BCUT2D eigenvalue weighted by Crippen LogP contribution is -2.30. The maximum Gasteiger partial charge on any atom is 0.322 e. The van der Waals surface area contributed by atoms with Crippen LogP contribution < -0.4 is 4.74 Å². The van der Waals surface area contributed by atoms with E-state index in [0.29, 0.717) is 12.2 Å². The van der Waals surface area contributed by atoms with Gasteiger partial charge in [0, 0.05) is 0 Å². The fraction of sp³-hybridized carbons (Fsp3) is 0.632. The van der Waals surface area contributed by atoms with Crippen molar-refractivity contribution in [2.45, 2.75) is 74.9 Å². The maximum absolute atomic E-state index is 12.6. The SMILES string of the molecule is CCCCCCCCCCC(C(=O)O)S(=O)(=O)c1ccc(OC)cc1. The summed E-state index contributed by atoms with van der Waals surface area (Å²) >= 11 is 0. The van der Waals surface area contributed by atoms with Crippen molar-refractivity contribution < 1.29 is 23.1 Å². The van der Waals surface area contributed by atoms with Crippen LogP contribution in [0.4, 0.5) is 0 Å². The minimum absolute atomic E-state index is 0.0280. The Balaban J connectivity index is 2.55. The number of benzene rings is 1. The molecular formula is C19H30O5S. The first-order valence-electron chi connectivity index (χ1n) is 9.04. The van der Waals surface area contributed by atoms with Crippen LogP contribution in [0, 0.1) is 0 Å². The van der Waals surface area contributed by atoms with E-state index in [1.807, 2.05) is 0 Å². The van der Waals surface area contributed by atoms with Gasteiger partial charge < -0.3 is 9.84 Å². The zero-order valence-corrected chi connectivity index (χ0v) is 16.1. The average molecular weight is 371 g/mol. The molecule has 0 radical (unpaired) electrons. The summed E-state index contributed by atoms with van der Waals surface area (Å²) in [4.78, 5) is 11.5. The third kappa shape index (κ3) is 7.06. The van der Waals surface area contributed by atoms with Crippen molar-refractivity contribution >= 4 is 15.8 Å². The van der Waals surface area contributed by atoms with Gasteiger partial charge in [0.1, 0.15) is 5.75 Å². The molecule has 0 aliphatic carbocycles. The summed E-state index contributed by atoms with van der Waals surface area (Å²) in [5.41, 5.74) is 0. The molecular weight excluding hydrogens is 340 g/mol. The van der Waals surface area contributed by atoms with Crippen molar-refractivity contribution in [1.82, 2.24) is 0 Å². The second-order valence-corrected chi connectivity index (χ2v) is 8.44. The number of aliphatic carboxylic acids is 1. The Hall–Kier alpha value is -1.56. The summed E-state index contributed by atoms with van der Waals surface area (Å²) in [7, 11) is -2.39. The Kier molecular flexibility index (Phi) is 9.57. The van der Waals surface area contributed by atoms with Gasteiger partial charge in [-0.1, -0.05) is 58.3 Å². The highest BCUT2D eigenvalue weighted by atomic mass is 32.2. The molecule has 0 amide bonds. The zero-order valence-electron chi connectivity index (χ0n) is 15.2. The Labute approximate surface area is 151 Å². The van der Waals surface area contributed by atoms with Crippen molar-refractivity contribution in [3.05, 3.63) is 24.3 Å². The molecule has 142 valence electrons. The standard InChI is InChI=1S/C19H30O5S/c1-3-4-5-6-7-8-9-10-11-18(19(20)21)25(22,23)17-14-12-16(24-2)13-15-17/h12-15,18H,3-11H2,1-2H3,(H,20,21). The summed E-state index contributed by atoms with van der Waals surface area (Å²) in [5.74, 6) is -0.743. The number of sulfone groups is 1. The zero-order chi connectivity index (χ0) is 18.7. The first-order valence-corrected chi connectivity index (χ1v) is 10.6. The van der Waals surface area contributed by atoms with Crippen LogP contribution in [0.3, 0.4) is 0 Å². The average Bonchev–Trinajstić information content (AvgIpc) is 2.59. The largest absolute Gasteiger partial charge is 0.497 e. The van der Waals surface area contributed by atoms with Gasteiger partial charge in [-0.15, -0.1) is 0 Å². The van der Waals surface area contributed by atoms with E-state index in [1.54, 1.807) is 0 Å². The molecule has 0 saturated carbocycles. The Morgan fingerprint density at radius 1 is 1.00 bits per heavy atom. The molecule has 0 saturated heterocycles. The van der Waals surface area contributed by atoms with Gasteiger partial charge in [-0.2, -0.15) is 0 Å². The van der Waals surface area contributed by atoms with Gasteiger partial charge in [0.25, 0.3) is 0 Å². The van der Waals surface area contributed by atoms with Crippen LogP contribution in [0.2, 0.25) is 0 Å². The molecule has 1 N–H and O–H groups in total. The number of unbranched alkanes of at least 4 members (excludes halogenated alkanes) is 7. The summed E-state index contributed by atoms with van der Waals surface area (Å²) in [6.45, 7) is 2.18.